The first kappa shape index (κ1) is 21.3. The van der Waals surface area contributed by atoms with E-state index in [1.807, 2.05) is 12.1 Å². The summed E-state index contributed by atoms with van der Waals surface area (Å²) in [5, 5.41) is 14.3. The molecule has 4 nitrogen and oxygen atoms in total. The second kappa shape index (κ2) is 11.6. The Hall–Kier alpha value is -1.04. The zero-order chi connectivity index (χ0) is 18.8. The van der Waals surface area contributed by atoms with E-state index in [4.69, 9.17) is 28.0 Å². The molecular weight excluding hydrogens is 371 g/mol. The van der Waals surface area contributed by atoms with Gasteiger partial charge in [-0.1, -0.05) is 48.7 Å². The second-order valence-electron chi connectivity index (χ2n) is 6.48. The van der Waals surface area contributed by atoms with Gasteiger partial charge in [0.1, 0.15) is 6.61 Å². The number of hydrogen-bond acceptors (Lipinski definition) is 4. The van der Waals surface area contributed by atoms with E-state index >= 15 is 0 Å². The predicted molar refractivity (Wildman–Crippen MR) is 109 cm³/mol. The molecule has 0 spiro atoms. The molecule has 0 fully saturated rings. The Morgan fingerprint density at radius 3 is 2.92 bits per heavy atom. The number of benzene rings is 1. The lowest BCUT2D eigenvalue weighted by Crippen LogP contribution is -2.33. The molecule has 1 aromatic rings. The van der Waals surface area contributed by atoms with Crippen molar-refractivity contribution in [2.75, 3.05) is 19.7 Å². The van der Waals surface area contributed by atoms with Gasteiger partial charge in [-0.05, 0) is 61.6 Å². The van der Waals surface area contributed by atoms with E-state index in [0.29, 0.717) is 16.6 Å². The van der Waals surface area contributed by atoms with Gasteiger partial charge in [-0.15, -0.1) is 0 Å². The van der Waals surface area contributed by atoms with E-state index in [0.717, 1.165) is 55.5 Å². The fourth-order valence-corrected chi connectivity index (χ4v) is 3.02. The molecule has 1 aliphatic rings. The van der Waals surface area contributed by atoms with E-state index in [-0.39, 0.29) is 6.61 Å². The topological polar surface area (TPSA) is 53.5 Å². The standard InChI is InChI=1S/C20H28Cl2N2O2/c1-2-3-10-23-13-17(25)14-26-24-20-7-5-4-6-16(20)11-15-8-9-18(21)19(22)12-15/h7-9,11-12,17,23-25H,2-6,10,13-14H2,1H3/t17-/m0/s1. The summed E-state index contributed by atoms with van der Waals surface area (Å²) in [4.78, 5) is 5.51. The third kappa shape index (κ3) is 7.29. The van der Waals surface area contributed by atoms with Crippen LogP contribution in [0.1, 0.15) is 44.6 Å². The van der Waals surface area contributed by atoms with Gasteiger partial charge in [-0.2, -0.15) is 0 Å². The molecule has 144 valence electrons. The molecule has 0 radical (unpaired) electrons. The Bertz CT molecular complexity index is 632. The molecule has 6 heteroatoms. The number of hydroxylamine groups is 1. The third-order valence-electron chi connectivity index (χ3n) is 4.17. The Morgan fingerprint density at radius 1 is 1.31 bits per heavy atom. The van der Waals surface area contributed by atoms with Crippen molar-refractivity contribution in [1.82, 2.24) is 10.8 Å². The summed E-state index contributed by atoms with van der Waals surface area (Å²) >= 11 is 12.1. The lowest BCUT2D eigenvalue weighted by Gasteiger charge is -2.20. The van der Waals surface area contributed by atoms with E-state index in [1.54, 1.807) is 6.07 Å². The molecule has 1 aliphatic carbocycles. The lowest BCUT2D eigenvalue weighted by molar-refractivity contribution is -0.00450. The van der Waals surface area contributed by atoms with Crippen molar-refractivity contribution in [1.29, 1.82) is 0 Å². The highest BCUT2D eigenvalue weighted by Gasteiger charge is 2.12. The van der Waals surface area contributed by atoms with Crippen molar-refractivity contribution < 1.29 is 9.94 Å². The van der Waals surface area contributed by atoms with Crippen molar-refractivity contribution in [3.63, 3.8) is 0 Å². The highest BCUT2D eigenvalue weighted by Crippen LogP contribution is 2.27. The van der Waals surface area contributed by atoms with E-state index < -0.39 is 6.10 Å². The SMILES string of the molecule is CCCCNC[C@H](O)CONC1=CCCCC1=Cc1ccc(Cl)c(Cl)c1. The number of unbranched alkanes of at least 4 members (excludes halogenated alkanes) is 1. The van der Waals surface area contributed by atoms with Gasteiger partial charge in [0.15, 0.2) is 0 Å². The Labute approximate surface area is 166 Å². The number of halogens is 2. The van der Waals surface area contributed by atoms with Gasteiger partial charge in [-0.25, -0.2) is 0 Å². The fourth-order valence-electron chi connectivity index (χ4n) is 2.71. The maximum absolute atomic E-state index is 9.95. The first-order chi connectivity index (χ1) is 12.6. The van der Waals surface area contributed by atoms with Crippen molar-refractivity contribution >= 4 is 29.3 Å². The second-order valence-corrected chi connectivity index (χ2v) is 7.29. The van der Waals surface area contributed by atoms with Crippen LogP contribution in [0.25, 0.3) is 6.08 Å². The predicted octanol–water partition coefficient (Wildman–Crippen LogP) is 4.72. The van der Waals surface area contributed by atoms with Gasteiger partial charge >= 0.3 is 0 Å². The van der Waals surface area contributed by atoms with Gasteiger partial charge in [0.05, 0.1) is 21.8 Å². The molecule has 1 atom stereocenters. The molecular formula is C20H28Cl2N2O2. The molecule has 0 heterocycles. The third-order valence-corrected chi connectivity index (χ3v) is 4.91. The monoisotopic (exact) mass is 398 g/mol. The van der Waals surface area contributed by atoms with Crippen molar-refractivity contribution in [3.05, 3.63) is 51.2 Å². The summed E-state index contributed by atoms with van der Waals surface area (Å²) in [7, 11) is 0. The minimum atomic E-state index is -0.536. The molecule has 0 unspecified atom stereocenters. The quantitative estimate of drug-likeness (QED) is 0.394. The van der Waals surface area contributed by atoms with E-state index in [1.165, 1.54) is 0 Å². The number of rotatable bonds is 10. The van der Waals surface area contributed by atoms with Crippen LogP contribution in [0, 0.1) is 0 Å². The lowest BCUT2D eigenvalue weighted by atomic mass is 9.97. The van der Waals surface area contributed by atoms with Crippen LogP contribution >= 0.6 is 23.2 Å². The molecule has 0 saturated carbocycles. The van der Waals surface area contributed by atoms with E-state index in [2.05, 4.69) is 29.9 Å². The normalized spacial score (nSPS) is 17.2. The smallest absolute Gasteiger partial charge is 0.102 e. The van der Waals surface area contributed by atoms with Gasteiger partial charge in [-0.3, -0.25) is 10.3 Å². The first-order valence-electron chi connectivity index (χ1n) is 9.23. The zero-order valence-corrected chi connectivity index (χ0v) is 16.7. The Kier molecular flexibility index (Phi) is 9.51. The first-order valence-corrected chi connectivity index (χ1v) is 9.98. The average Bonchev–Trinajstić information content (AvgIpc) is 2.63. The highest BCUT2D eigenvalue weighted by atomic mass is 35.5. The van der Waals surface area contributed by atoms with Crippen LogP contribution in [0.2, 0.25) is 10.0 Å². The minimum Gasteiger partial charge on any atom is -0.389 e. The number of hydrogen-bond donors (Lipinski definition) is 3. The summed E-state index contributed by atoms with van der Waals surface area (Å²) in [6.07, 6.45) is 9.00. The summed E-state index contributed by atoms with van der Waals surface area (Å²) < 4.78 is 0. The van der Waals surface area contributed by atoms with Crippen LogP contribution in [0.3, 0.4) is 0 Å². The van der Waals surface area contributed by atoms with Gasteiger partial charge in [0.2, 0.25) is 0 Å². The molecule has 1 aromatic carbocycles. The number of aliphatic hydroxyl groups excluding tert-OH is 1. The maximum atomic E-state index is 9.95. The summed E-state index contributed by atoms with van der Waals surface area (Å²) in [5.74, 6) is 0. The van der Waals surface area contributed by atoms with Crippen LogP contribution in [0.4, 0.5) is 0 Å². The minimum absolute atomic E-state index is 0.233. The largest absolute Gasteiger partial charge is 0.389 e. The fraction of sp³-hybridized carbons (Fsp3) is 0.500. The molecule has 0 aromatic heterocycles. The number of nitrogens with one attached hydrogen (secondary N) is 2. The molecule has 26 heavy (non-hydrogen) atoms. The van der Waals surface area contributed by atoms with Crippen LogP contribution in [0.15, 0.2) is 35.5 Å². The molecule has 0 bridgehead atoms. The van der Waals surface area contributed by atoms with Crippen molar-refractivity contribution in [2.45, 2.75) is 45.1 Å². The Balaban J connectivity index is 1.85. The molecule has 2 rings (SSSR count). The summed E-state index contributed by atoms with van der Waals surface area (Å²) in [5.41, 5.74) is 6.11. The Morgan fingerprint density at radius 2 is 2.15 bits per heavy atom. The highest BCUT2D eigenvalue weighted by molar-refractivity contribution is 6.42. The van der Waals surface area contributed by atoms with Crippen LogP contribution in [0.5, 0.6) is 0 Å². The van der Waals surface area contributed by atoms with Crippen LogP contribution < -0.4 is 10.8 Å². The summed E-state index contributed by atoms with van der Waals surface area (Å²) in [6, 6.07) is 5.60. The van der Waals surface area contributed by atoms with Crippen molar-refractivity contribution in [2.24, 2.45) is 0 Å². The van der Waals surface area contributed by atoms with Crippen LogP contribution in [-0.2, 0) is 4.84 Å². The van der Waals surface area contributed by atoms with Gasteiger partial charge < -0.3 is 10.4 Å². The van der Waals surface area contributed by atoms with Gasteiger partial charge in [0, 0.05) is 6.54 Å². The van der Waals surface area contributed by atoms with E-state index in [9.17, 15) is 5.11 Å². The molecule has 3 N–H and O–H groups in total. The average molecular weight is 399 g/mol. The molecule has 0 saturated heterocycles. The van der Waals surface area contributed by atoms with Crippen molar-refractivity contribution in [3.8, 4) is 0 Å². The van der Waals surface area contributed by atoms with Gasteiger partial charge in [0.25, 0.3) is 0 Å². The number of allylic oxidation sites excluding steroid dienone is 2. The summed E-state index contributed by atoms with van der Waals surface area (Å²) in [6.45, 7) is 3.83. The molecule has 0 aliphatic heterocycles. The zero-order valence-electron chi connectivity index (χ0n) is 15.2. The number of aliphatic hydroxyl groups is 1. The maximum Gasteiger partial charge on any atom is 0.102 e. The molecule has 0 amide bonds. The van der Waals surface area contributed by atoms with Crippen LogP contribution in [-0.4, -0.2) is 30.9 Å².